The minimum absolute atomic E-state index is 0.0187. The van der Waals surface area contributed by atoms with Crippen LogP contribution in [-0.2, 0) is 12.1 Å². The highest BCUT2D eigenvalue weighted by atomic mass is 16.6. The Hall–Kier alpha value is -3.28. The molecule has 9 heteroatoms. The molecular formula is C19H22N6O3. The molecule has 28 heavy (non-hydrogen) atoms. The summed E-state index contributed by atoms with van der Waals surface area (Å²) in [6.07, 6.45) is 5.07. The first-order valence-corrected chi connectivity index (χ1v) is 9.19. The van der Waals surface area contributed by atoms with Crippen molar-refractivity contribution in [2.45, 2.75) is 44.7 Å². The average molecular weight is 382 g/mol. The fourth-order valence-corrected chi connectivity index (χ4v) is 4.79. The van der Waals surface area contributed by atoms with Crippen molar-refractivity contribution in [3.63, 3.8) is 0 Å². The zero-order chi connectivity index (χ0) is 19.9. The number of nitriles is 1. The summed E-state index contributed by atoms with van der Waals surface area (Å²) in [5.74, 6) is 1.14. The number of nitrogens with one attached hydrogen (secondary N) is 1. The molecule has 3 unspecified atom stereocenters. The molecule has 0 amide bonds. The number of nitrogens with zero attached hydrogens (tertiary/aromatic N) is 3. The van der Waals surface area contributed by atoms with Crippen LogP contribution in [-0.4, -0.2) is 10.9 Å². The van der Waals surface area contributed by atoms with Gasteiger partial charge in [0.05, 0.1) is 18.0 Å². The molecule has 4 rings (SSSR count). The maximum Gasteiger partial charge on any atom is 0.519 e. The van der Waals surface area contributed by atoms with Gasteiger partial charge in [0.1, 0.15) is 17.1 Å². The molecule has 2 aliphatic rings. The van der Waals surface area contributed by atoms with E-state index in [4.69, 9.17) is 20.3 Å². The van der Waals surface area contributed by atoms with Crippen LogP contribution in [0.4, 0.5) is 5.82 Å². The van der Waals surface area contributed by atoms with Gasteiger partial charge in [0.25, 0.3) is 0 Å². The summed E-state index contributed by atoms with van der Waals surface area (Å²) in [4.78, 5) is 20.1. The van der Waals surface area contributed by atoms with E-state index in [1.165, 1.54) is 0 Å². The molecule has 2 aromatic heterocycles. The van der Waals surface area contributed by atoms with Gasteiger partial charge in [-0.25, -0.2) is 14.8 Å². The summed E-state index contributed by atoms with van der Waals surface area (Å²) in [5.41, 5.74) is 11.0. The standard InChI is InChI=1S/C19H22N6O3/c1-11-14(28-17(26)27-11)9-24-15-3-2-13(8-23-15)19(25-16(21)22)7-12-4-5-18(19,6-12)10-20/h2-3,8,12H,4-7,9H2,1H3,(H,23,24)(H4,21,22,25). The zero-order valence-electron chi connectivity index (χ0n) is 15.6. The quantitative estimate of drug-likeness (QED) is 0.521. The Morgan fingerprint density at radius 1 is 1.43 bits per heavy atom. The Morgan fingerprint density at radius 2 is 2.25 bits per heavy atom. The van der Waals surface area contributed by atoms with Crippen molar-refractivity contribution in [1.82, 2.24) is 4.98 Å². The molecule has 5 N–H and O–H groups in total. The van der Waals surface area contributed by atoms with E-state index in [-0.39, 0.29) is 12.5 Å². The van der Waals surface area contributed by atoms with Crippen molar-refractivity contribution in [1.29, 1.82) is 5.26 Å². The van der Waals surface area contributed by atoms with E-state index in [0.717, 1.165) is 31.2 Å². The summed E-state index contributed by atoms with van der Waals surface area (Å²) in [5, 5.41) is 13.1. The third-order valence-corrected chi connectivity index (χ3v) is 6.03. The fraction of sp³-hybridized carbons (Fsp3) is 0.474. The smallest absolute Gasteiger partial charge is 0.396 e. The Bertz CT molecular complexity index is 1010. The topological polar surface area (TPSA) is 156 Å². The molecule has 9 nitrogen and oxygen atoms in total. The second-order valence-corrected chi connectivity index (χ2v) is 7.62. The number of hydrogen-bond acceptors (Lipinski definition) is 7. The second kappa shape index (κ2) is 6.41. The lowest BCUT2D eigenvalue weighted by Crippen LogP contribution is -2.43. The van der Waals surface area contributed by atoms with E-state index in [1.807, 2.05) is 12.1 Å². The van der Waals surface area contributed by atoms with Crippen LogP contribution >= 0.6 is 0 Å². The number of anilines is 1. The van der Waals surface area contributed by atoms with E-state index in [0.29, 0.717) is 23.3 Å². The molecule has 3 atom stereocenters. The van der Waals surface area contributed by atoms with Crippen LogP contribution in [0, 0.1) is 29.6 Å². The first-order valence-electron chi connectivity index (χ1n) is 9.19. The molecule has 0 aromatic carbocycles. The van der Waals surface area contributed by atoms with E-state index < -0.39 is 16.8 Å². The highest BCUT2D eigenvalue weighted by Gasteiger charge is 2.63. The first kappa shape index (κ1) is 18.1. The summed E-state index contributed by atoms with van der Waals surface area (Å²) >= 11 is 0. The van der Waals surface area contributed by atoms with Gasteiger partial charge in [0, 0.05) is 6.20 Å². The van der Waals surface area contributed by atoms with Crippen molar-refractivity contribution in [2.75, 3.05) is 5.32 Å². The van der Waals surface area contributed by atoms with Crippen molar-refractivity contribution in [3.05, 3.63) is 46.0 Å². The Balaban J connectivity index is 1.61. The number of aromatic nitrogens is 1. The van der Waals surface area contributed by atoms with Crippen molar-refractivity contribution in [2.24, 2.45) is 27.8 Å². The van der Waals surface area contributed by atoms with Crippen LogP contribution < -0.4 is 22.6 Å². The van der Waals surface area contributed by atoms with Gasteiger partial charge in [0.2, 0.25) is 0 Å². The van der Waals surface area contributed by atoms with Gasteiger partial charge in [-0.15, -0.1) is 0 Å². The monoisotopic (exact) mass is 382 g/mol. The van der Waals surface area contributed by atoms with Crippen LogP contribution in [0.5, 0.6) is 0 Å². The number of rotatable bonds is 5. The molecule has 2 heterocycles. The maximum atomic E-state index is 11.1. The number of nitrogens with two attached hydrogens (primary N) is 2. The van der Waals surface area contributed by atoms with Crippen molar-refractivity contribution >= 4 is 11.8 Å². The minimum Gasteiger partial charge on any atom is -0.396 e. The Kier molecular flexibility index (Phi) is 4.14. The molecule has 0 aliphatic heterocycles. The summed E-state index contributed by atoms with van der Waals surface area (Å²) in [6.45, 7) is 1.93. The van der Waals surface area contributed by atoms with Gasteiger partial charge >= 0.3 is 5.82 Å². The Morgan fingerprint density at radius 3 is 2.82 bits per heavy atom. The normalized spacial score (nSPS) is 28.1. The third-order valence-electron chi connectivity index (χ3n) is 6.03. The summed E-state index contributed by atoms with van der Waals surface area (Å²) in [7, 11) is 0. The largest absolute Gasteiger partial charge is 0.519 e. The highest BCUT2D eigenvalue weighted by Crippen LogP contribution is 2.65. The fourth-order valence-electron chi connectivity index (χ4n) is 4.79. The van der Waals surface area contributed by atoms with Crippen LogP contribution in [0.2, 0.25) is 0 Å². The molecule has 2 aromatic rings. The lowest BCUT2D eigenvalue weighted by Gasteiger charge is -2.39. The molecule has 2 saturated carbocycles. The molecule has 0 saturated heterocycles. The number of aryl methyl sites for hydroxylation is 1. The average Bonchev–Trinajstić information content (AvgIpc) is 3.31. The zero-order valence-corrected chi connectivity index (χ0v) is 15.6. The molecule has 2 aliphatic carbocycles. The van der Waals surface area contributed by atoms with Crippen LogP contribution in [0.25, 0.3) is 0 Å². The van der Waals surface area contributed by atoms with Gasteiger partial charge in [-0.1, -0.05) is 6.07 Å². The summed E-state index contributed by atoms with van der Waals surface area (Å²) < 4.78 is 9.81. The molecule has 146 valence electrons. The molecule has 0 spiro atoms. The number of aliphatic imine (C=N–C) groups is 1. The van der Waals surface area contributed by atoms with E-state index >= 15 is 0 Å². The van der Waals surface area contributed by atoms with E-state index in [9.17, 15) is 10.1 Å². The predicted octanol–water partition coefficient (Wildman–Crippen LogP) is 1.73. The summed E-state index contributed by atoms with van der Waals surface area (Å²) in [6, 6.07) is 6.23. The van der Waals surface area contributed by atoms with Crippen LogP contribution in [0.3, 0.4) is 0 Å². The van der Waals surface area contributed by atoms with Crippen LogP contribution in [0.15, 0.2) is 37.0 Å². The van der Waals surface area contributed by atoms with Crippen LogP contribution in [0.1, 0.15) is 42.8 Å². The van der Waals surface area contributed by atoms with Gasteiger partial charge < -0.3 is 25.6 Å². The van der Waals surface area contributed by atoms with E-state index in [1.54, 1.807) is 13.1 Å². The lowest BCUT2D eigenvalue weighted by atomic mass is 9.66. The first-order chi connectivity index (χ1) is 13.4. The number of guanidine groups is 1. The molecule has 2 bridgehead atoms. The lowest BCUT2D eigenvalue weighted by molar-refractivity contribution is 0.208. The van der Waals surface area contributed by atoms with Gasteiger partial charge in [-0.2, -0.15) is 5.26 Å². The van der Waals surface area contributed by atoms with Gasteiger partial charge in [0.15, 0.2) is 11.7 Å². The van der Waals surface area contributed by atoms with Crippen molar-refractivity contribution < 1.29 is 8.83 Å². The predicted molar refractivity (Wildman–Crippen MR) is 101 cm³/mol. The highest BCUT2D eigenvalue weighted by molar-refractivity contribution is 5.76. The minimum atomic E-state index is -0.761. The molecular weight excluding hydrogens is 360 g/mol. The SMILES string of the molecule is Cc1oc(=O)oc1CNc1ccc(C2(N=C(N)N)CC3CCC2(C#N)C3)cn1. The van der Waals surface area contributed by atoms with Crippen molar-refractivity contribution in [3.8, 4) is 6.07 Å². The molecule has 2 fully saturated rings. The van der Waals surface area contributed by atoms with E-state index in [2.05, 4.69) is 21.4 Å². The third kappa shape index (κ3) is 2.72. The van der Waals surface area contributed by atoms with Gasteiger partial charge in [-0.3, -0.25) is 0 Å². The second-order valence-electron chi connectivity index (χ2n) is 7.62. The van der Waals surface area contributed by atoms with Gasteiger partial charge in [-0.05, 0) is 50.2 Å². The number of fused-ring (bicyclic) bond motifs is 2. The number of pyridine rings is 1. The molecule has 0 radical (unpaired) electrons. The maximum absolute atomic E-state index is 11.1. The number of hydrogen-bond donors (Lipinski definition) is 3. The Labute approximate surface area is 161 Å².